The molecule has 2 aromatic rings. The van der Waals surface area contributed by atoms with Crippen molar-refractivity contribution < 1.29 is 14.4 Å². The Hall–Kier alpha value is -3.35. The van der Waals surface area contributed by atoms with E-state index in [1.54, 1.807) is 36.4 Å². The Morgan fingerprint density at radius 3 is 1.90 bits per heavy atom. The topological polar surface area (TPSA) is 90.5 Å². The van der Waals surface area contributed by atoms with E-state index < -0.39 is 0 Å². The van der Waals surface area contributed by atoms with Crippen LogP contribution in [0.1, 0.15) is 43.0 Å². The van der Waals surface area contributed by atoms with Crippen LogP contribution < -0.4 is 16.0 Å². The Balaban J connectivity index is 1.45. The highest BCUT2D eigenvalue weighted by Gasteiger charge is 2.19. The normalized spacial score (nSPS) is 13.0. The second-order valence-corrected chi connectivity index (χ2v) is 7.35. The monoisotopic (exact) mass is 408 g/mol. The Morgan fingerprint density at radius 1 is 0.800 bits per heavy atom. The van der Waals surface area contributed by atoms with E-state index >= 15 is 0 Å². The molecule has 1 fully saturated rings. The van der Waals surface area contributed by atoms with Gasteiger partial charge in [-0.15, -0.1) is 0 Å². The molecule has 3 N–H and O–H groups in total. The lowest BCUT2D eigenvalue weighted by molar-refractivity contribution is -0.116. The van der Waals surface area contributed by atoms with Crippen molar-refractivity contribution in [3.05, 3.63) is 54.1 Å². The largest absolute Gasteiger partial charge is 0.376 e. The molecule has 0 atom stereocenters. The highest BCUT2D eigenvalue weighted by atomic mass is 16.2. The maximum Gasteiger partial charge on any atom is 0.253 e. The Labute approximate surface area is 176 Å². The molecule has 0 aromatic heterocycles. The van der Waals surface area contributed by atoms with Crippen LogP contribution in [0.15, 0.2) is 48.5 Å². The summed E-state index contributed by atoms with van der Waals surface area (Å²) in [6.07, 6.45) is 3.41. The summed E-state index contributed by atoms with van der Waals surface area (Å²) >= 11 is 0. The number of carbonyl (C=O) groups excluding carboxylic acids is 3. The van der Waals surface area contributed by atoms with Gasteiger partial charge in [0, 0.05) is 42.1 Å². The molecule has 3 rings (SSSR count). The van der Waals surface area contributed by atoms with Gasteiger partial charge in [-0.3, -0.25) is 14.4 Å². The molecule has 30 heavy (non-hydrogen) atoms. The minimum atomic E-state index is -0.185. The number of nitrogens with one attached hydrogen (secondary N) is 3. The van der Waals surface area contributed by atoms with E-state index in [0.29, 0.717) is 23.4 Å². The number of likely N-dealkylation sites (tertiary alicyclic amines) is 1. The molecule has 0 unspecified atom stereocenters. The number of rotatable bonds is 8. The number of hydrogen-bond donors (Lipinski definition) is 3. The van der Waals surface area contributed by atoms with E-state index in [9.17, 15) is 14.4 Å². The third kappa shape index (κ3) is 6.07. The molecular formula is C23H28N4O3. The zero-order chi connectivity index (χ0) is 21.3. The third-order valence-corrected chi connectivity index (χ3v) is 4.91. The van der Waals surface area contributed by atoms with Crippen LogP contribution in [-0.4, -0.2) is 42.3 Å². The lowest BCUT2D eigenvalue weighted by Crippen LogP contribution is -2.27. The number of benzene rings is 2. The van der Waals surface area contributed by atoms with Crippen LogP contribution in [-0.2, 0) is 9.59 Å². The zero-order valence-corrected chi connectivity index (χ0v) is 17.2. The summed E-state index contributed by atoms with van der Waals surface area (Å²) in [6, 6.07) is 14.2. The molecule has 2 aromatic carbocycles. The predicted octanol–water partition coefficient (Wildman–Crippen LogP) is 3.71. The van der Waals surface area contributed by atoms with E-state index in [1.165, 1.54) is 0 Å². The number of nitrogens with zero attached hydrogens (tertiary/aromatic N) is 1. The molecule has 1 saturated heterocycles. The van der Waals surface area contributed by atoms with Crippen LogP contribution >= 0.6 is 0 Å². The van der Waals surface area contributed by atoms with E-state index in [2.05, 4.69) is 16.0 Å². The standard InChI is InChI=1S/C23H28N4O3/c1-2-5-21(28)25-19-10-12-20(13-11-19)26-22(29)16-24-18-8-6-17(7-9-18)23(30)27-14-3-4-15-27/h6-13,24H,2-5,14-16H2,1H3,(H,25,28)(H,26,29). The summed E-state index contributed by atoms with van der Waals surface area (Å²) in [4.78, 5) is 38.0. The van der Waals surface area contributed by atoms with E-state index in [-0.39, 0.29) is 24.3 Å². The van der Waals surface area contributed by atoms with E-state index in [1.807, 2.05) is 24.0 Å². The smallest absolute Gasteiger partial charge is 0.253 e. The van der Waals surface area contributed by atoms with Gasteiger partial charge in [-0.25, -0.2) is 0 Å². The molecule has 1 heterocycles. The summed E-state index contributed by atoms with van der Waals surface area (Å²) in [7, 11) is 0. The van der Waals surface area contributed by atoms with Crippen LogP contribution in [0.3, 0.4) is 0 Å². The van der Waals surface area contributed by atoms with Crippen molar-refractivity contribution in [3.8, 4) is 0 Å². The van der Waals surface area contributed by atoms with Gasteiger partial charge in [-0.05, 0) is 67.8 Å². The Morgan fingerprint density at radius 2 is 1.33 bits per heavy atom. The van der Waals surface area contributed by atoms with Gasteiger partial charge < -0.3 is 20.9 Å². The third-order valence-electron chi connectivity index (χ3n) is 4.91. The first-order chi connectivity index (χ1) is 14.5. The van der Waals surface area contributed by atoms with Crippen molar-refractivity contribution in [2.45, 2.75) is 32.6 Å². The highest BCUT2D eigenvalue weighted by molar-refractivity contribution is 5.96. The van der Waals surface area contributed by atoms with Crippen molar-refractivity contribution >= 4 is 34.8 Å². The quantitative estimate of drug-likeness (QED) is 0.621. The van der Waals surface area contributed by atoms with Crippen molar-refractivity contribution in [1.29, 1.82) is 0 Å². The van der Waals surface area contributed by atoms with Gasteiger partial charge in [0.15, 0.2) is 0 Å². The summed E-state index contributed by atoms with van der Waals surface area (Å²) in [5, 5.41) is 8.68. The number of carbonyl (C=O) groups is 3. The average Bonchev–Trinajstić information content (AvgIpc) is 3.29. The minimum absolute atomic E-state index is 0.0216. The van der Waals surface area contributed by atoms with Crippen LogP contribution in [0, 0.1) is 0 Å². The Kier molecular flexibility index (Phi) is 7.43. The summed E-state index contributed by atoms with van der Waals surface area (Å²) in [5.41, 5.74) is 2.80. The van der Waals surface area contributed by atoms with Gasteiger partial charge >= 0.3 is 0 Å². The average molecular weight is 409 g/mol. The Bertz CT molecular complexity index is 872. The lowest BCUT2D eigenvalue weighted by Gasteiger charge is -2.15. The number of anilines is 3. The summed E-state index contributed by atoms with van der Waals surface area (Å²) < 4.78 is 0. The predicted molar refractivity (Wildman–Crippen MR) is 119 cm³/mol. The molecule has 0 saturated carbocycles. The highest BCUT2D eigenvalue weighted by Crippen LogP contribution is 2.16. The molecular weight excluding hydrogens is 380 g/mol. The van der Waals surface area contributed by atoms with Crippen molar-refractivity contribution in [1.82, 2.24) is 4.90 Å². The van der Waals surface area contributed by atoms with Gasteiger partial charge in [0.25, 0.3) is 5.91 Å². The van der Waals surface area contributed by atoms with Crippen LogP contribution in [0.5, 0.6) is 0 Å². The van der Waals surface area contributed by atoms with Crippen molar-refractivity contribution in [3.63, 3.8) is 0 Å². The minimum Gasteiger partial charge on any atom is -0.376 e. The first-order valence-corrected chi connectivity index (χ1v) is 10.4. The SMILES string of the molecule is CCCC(=O)Nc1ccc(NC(=O)CNc2ccc(C(=O)N3CCCC3)cc2)cc1. The first kappa shape index (κ1) is 21.4. The summed E-state index contributed by atoms with van der Waals surface area (Å²) in [6.45, 7) is 3.71. The lowest BCUT2D eigenvalue weighted by atomic mass is 10.2. The van der Waals surface area contributed by atoms with Gasteiger partial charge in [0.1, 0.15) is 0 Å². The van der Waals surface area contributed by atoms with Crippen LogP contribution in [0.2, 0.25) is 0 Å². The van der Waals surface area contributed by atoms with Gasteiger partial charge in [0.05, 0.1) is 6.54 Å². The molecule has 7 nitrogen and oxygen atoms in total. The molecule has 0 spiro atoms. The van der Waals surface area contributed by atoms with Crippen molar-refractivity contribution in [2.24, 2.45) is 0 Å². The molecule has 0 aliphatic carbocycles. The van der Waals surface area contributed by atoms with Crippen LogP contribution in [0.4, 0.5) is 17.1 Å². The first-order valence-electron chi connectivity index (χ1n) is 10.4. The van der Waals surface area contributed by atoms with E-state index in [0.717, 1.165) is 38.0 Å². The van der Waals surface area contributed by atoms with Gasteiger partial charge in [-0.1, -0.05) is 6.92 Å². The fourth-order valence-electron chi connectivity index (χ4n) is 3.31. The van der Waals surface area contributed by atoms with Crippen molar-refractivity contribution in [2.75, 3.05) is 35.6 Å². The number of hydrogen-bond acceptors (Lipinski definition) is 4. The van der Waals surface area contributed by atoms with E-state index in [4.69, 9.17) is 0 Å². The fraction of sp³-hybridized carbons (Fsp3) is 0.348. The molecule has 7 heteroatoms. The fourth-order valence-corrected chi connectivity index (χ4v) is 3.31. The summed E-state index contributed by atoms with van der Waals surface area (Å²) in [5.74, 6) is -0.146. The maximum absolute atomic E-state index is 12.4. The maximum atomic E-state index is 12.4. The number of amides is 3. The molecule has 3 amide bonds. The van der Waals surface area contributed by atoms with Gasteiger partial charge in [0.2, 0.25) is 11.8 Å². The molecule has 0 bridgehead atoms. The molecule has 1 aliphatic heterocycles. The molecule has 158 valence electrons. The molecule has 0 radical (unpaired) electrons. The second-order valence-electron chi connectivity index (χ2n) is 7.35. The molecule has 1 aliphatic rings. The van der Waals surface area contributed by atoms with Gasteiger partial charge in [-0.2, -0.15) is 0 Å². The second kappa shape index (κ2) is 10.4. The van der Waals surface area contributed by atoms with Crippen LogP contribution in [0.25, 0.3) is 0 Å². The zero-order valence-electron chi connectivity index (χ0n) is 17.2.